The van der Waals surface area contributed by atoms with E-state index in [1.807, 2.05) is 19.1 Å². The number of benzene rings is 1. The van der Waals surface area contributed by atoms with Crippen molar-refractivity contribution in [3.8, 4) is 0 Å². The fraction of sp³-hybridized carbons (Fsp3) is 0.294. The van der Waals surface area contributed by atoms with Gasteiger partial charge in [-0.1, -0.05) is 23.7 Å². The number of nitrogens with one attached hydrogen (secondary N) is 1. The molecule has 1 N–H and O–H groups in total. The maximum atomic E-state index is 12.5. The van der Waals surface area contributed by atoms with Crippen molar-refractivity contribution in [1.29, 1.82) is 0 Å². The zero-order chi connectivity index (χ0) is 19.9. The van der Waals surface area contributed by atoms with E-state index in [1.54, 1.807) is 12.1 Å². The number of halogens is 2. The van der Waals surface area contributed by atoms with Gasteiger partial charge in [-0.25, -0.2) is 4.79 Å². The van der Waals surface area contributed by atoms with Gasteiger partial charge in [-0.15, -0.1) is 0 Å². The van der Waals surface area contributed by atoms with Crippen LogP contribution in [0.2, 0.25) is 10.3 Å². The topological polar surface area (TPSA) is 90.9 Å². The molecule has 1 amide bonds. The lowest BCUT2D eigenvalue weighted by Crippen LogP contribution is -2.38. The van der Waals surface area contributed by atoms with E-state index in [0.717, 1.165) is 10.1 Å². The number of carbonyl (C=O) groups excluding carboxylic acids is 1. The summed E-state index contributed by atoms with van der Waals surface area (Å²) in [4.78, 5) is 41.0. The van der Waals surface area contributed by atoms with Gasteiger partial charge < -0.3 is 5.32 Å². The molecule has 0 aliphatic rings. The van der Waals surface area contributed by atoms with E-state index >= 15 is 0 Å². The lowest BCUT2D eigenvalue weighted by molar-refractivity contribution is -0.122. The zero-order valence-electron chi connectivity index (χ0n) is 14.9. The van der Waals surface area contributed by atoms with Crippen molar-refractivity contribution in [2.45, 2.75) is 19.5 Å². The van der Waals surface area contributed by atoms with Crippen LogP contribution in [0.4, 0.5) is 0 Å². The first-order valence-corrected chi connectivity index (χ1v) is 8.83. The molecule has 0 saturated carbocycles. The molecule has 3 rings (SSSR count). The van der Waals surface area contributed by atoms with Crippen LogP contribution < -0.4 is 16.6 Å². The van der Waals surface area contributed by atoms with Gasteiger partial charge in [0.2, 0.25) is 11.2 Å². The fourth-order valence-electron chi connectivity index (χ4n) is 2.83. The van der Waals surface area contributed by atoms with Gasteiger partial charge in [0, 0.05) is 19.1 Å². The van der Waals surface area contributed by atoms with Crippen LogP contribution in [0.25, 0.3) is 11.2 Å². The Morgan fingerprint density at radius 1 is 1.15 bits per heavy atom. The fourth-order valence-corrected chi connectivity index (χ4v) is 3.18. The monoisotopic (exact) mass is 409 g/mol. The van der Waals surface area contributed by atoms with E-state index in [2.05, 4.69) is 10.3 Å². The minimum Gasteiger partial charge on any atom is -0.348 e. The number of amides is 1. The Balaban J connectivity index is 1.91. The van der Waals surface area contributed by atoms with Crippen LogP contribution in [-0.2, 0) is 25.4 Å². The number of hydrogen-bond acceptors (Lipinski definition) is 4. The van der Waals surface area contributed by atoms with E-state index in [9.17, 15) is 14.4 Å². The Hall–Kier alpha value is -2.58. The number of aromatic nitrogens is 4. The molecule has 3 aromatic rings. The van der Waals surface area contributed by atoms with Gasteiger partial charge in [0.05, 0.1) is 6.04 Å². The van der Waals surface area contributed by atoms with E-state index in [-0.39, 0.29) is 34.9 Å². The predicted molar refractivity (Wildman–Crippen MR) is 103 cm³/mol. The number of hydrogen-bond donors (Lipinski definition) is 1. The number of aryl methyl sites for hydroxylation is 1. The first kappa shape index (κ1) is 19.2. The molecule has 0 aliphatic carbocycles. The molecule has 0 aliphatic heterocycles. The summed E-state index contributed by atoms with van der Waals surface area (Å²) in [6, 6.07) is 6.85. The summed E-state index contributed by atoms with van der Waals surface area (Å²) in [6.45, 7) is 1.62. The van der Waals surface area contributed by atoms with E-state index < -0.39 is 11.2 Å². The molecular weight excluding hydrogens is 393 g/mol. The SMILES string of the molecule is C[C@H](NC(=O)Cn1c(Cl)nc2c1c(=O)n(C)c(=O)n2C)c1ccc(Cl)cc1. The van der Waals surface area contributed by atoms with Crippen LogP contribution in [0.15, 0.2) is 33.9 Å². The average molecular weight is 410 g/mol. The number of carbonyl (C=O) groups is 1. The van der Waals surface area contributed by atoms with Gasteiger partial charge in [0.25, 0.3) is 5.56 Å². The lowest BCUT2D eigenvalue weighted by Gasteiger charge is -2.15. The van der Waals surface area contributed by atoms with Crippen molar-refractivity contribution >= 4 is 40.3 Å². The van der Waals surface area contributed by atoms with Crippen LogP contribution in [0.3, 0.4) is 0 Å². The van der Waals surface area contributed by atoms with Gasteiger partial charge in [0.15, 0.2) is 11.2 Å². The Morgan fingerprint density at radius 2 is 1.78 bits per heavy atom. The summed E-state index contributed by atoms with van der Waals surface area (Å²) in [5.41, 5.74) is 0.0267. The van der Waals surface area contributed by atoms with E-state index in [4.69, 9.17) is 23.2 Å². The maximum Gasteiger partial charge on any atom is 0.332 e. The number of nitrogens with zero attached hydrogens (tertiary/aromatic N) is 4. The first-order chi connectivity index (χ1) is 12.7. The molecule has 0 radical (unpaired) electrons. The average Bonchev–Trinajstić information content (AvgIpc) is 2.95. The Bertz CT molecular complexity index is 1140. The van der Waals surface area contributed by atoms with Crippen LogP contribution in [0.1, 0.15) is 18.5 Å². The molecule has 2 aromatic heterocycles. The molecule has 0 fully saturated rings. The van der Waals surface area contributed by atoms with Crippen molar-refractivity contribution in [1.82, 2.24) is 24.0 Å². The summed E-state index contributed by atoms with van der Waals surface area (Å²) in [7, 11) is 2.85. The maximum absolute atomic E-state index is 12.5. The second kappa shape index (κ2) is 7.21. The van der Waals surface area contributed by atoms with Gasteiger partial charge in [0.1, 0.15) is 6.54 Å². The molecule has 0 saturated heterocycles. The van der Waals surface area contributed by atoms with E-state index in [1.165, 1.54) is 23.2 Å². The highest BCUT2D eigenvalue weighted by molar-refractivity contribution is 6.30. The molecule has 0 unspecified atom stereocenters. The summed E-state index contributed by atoms with van der Waals surface area (Å²) in [5.74, 6) is -0.352. The Kier molecular flexibility index (Phi) is 5.12. The summed E-state index contributed by atoms with van der Waals surface area (Å²) in [6.07, 6.45) is 0. The number of fused-ring (bicyclic) bond motifs is 1. The predicted octanol–water partition coefficient (Wildman–Crippen LogP) is 1.62. The largest absolute Gasteiger partial charge is 0.348 e. The first-order valence-electron chi connectivity index (χ1n) is 8.07. The minimum atomic E-state index is -0.564. The molecular formula is C17H17Cl2N5O3. The standard InChI is InChI=1S/C17H17Cl2N5O3/c1-9(10-4-6-11(18)7-5-10)20-12(25)8-24-13-14(21-16(24)19)22(2)17(27)23(3)15(13)26/h4-7,9H,8H2,1-3H3,(H,20,25)/t9-/m0/s1. The molecule has 0 spiro atoms. The van der Waals surface area contributed by atoms with Gasteiger partial charge >= 0.3 is 5.69 Å². The Morgan fingerprint density at radius 3 is 2.41 bits per heavy atom. The third-order valence-electron chi connectivity index (χ3n) is 4.35. The summed E-state index contributed by atoms with van der Waals surface area (Å²) < 4.78 is 3.46. The van der Waals surface area contributed by atoms with Crippen molar-refractivity contribution in [2.75, 3.05) is 0 Å². The van der Waals surface area contributed by atoms with Crippen LogP contribution in [0.5, 0.6) is 0 Å². The molecule has 10 heteroatoms. The van der Waals surface area contributed by atoms with Gasteiger partial charge in [-0.05, 0) is 36.2 Å². The molecule has 2 heterocycles. The van der Waals surface area contributed by atoms with E-state index in [0.29, 0.717) is 5.02 Å². The van der Waals surface area contributed by atoms with Gasteiger partial charge in [-0.2, -0.15) is 4.98 Å². The second-order valence-electron chi connectivity index (χ2n) is 6.19. The summed E-state index contributed by atoms with van der Waals surface area (Å²) in [5, 5.41) is 3.40. The highest BCUT2D eigenvalue weighted by atomic mass is 35.5. The summed E-state index contributed by atoms with van der Waals surface area (Å²) >= 11 is 12.0. The quantitative estimate of drug-likeness (QED) is 0.662. The smallest absolute Gasteiger partial charge is 0.332 e. The number of rotatable bonds is 4. The highest BCUT2D eigenvalue weighted by Crippen LogP contribution is 2.18. The third kappa shape index (κ3) is 3.50. The molecule has 1 atom stereocenters. The van der Waals surface area contributed by atoms with Crippen LogP contribution in [-0.4, -0.2) is 24.6 Å². The Labute approximate surface area is 163 Å². The van der Waals surface area contributed by atoms with Crippen molar-refractivity contribution < 1.29 is 4.79 Å². The van der Waals surface area contributed by atoms with Gasteiger partial charge in [-0.3, -0.25) is 23.3 Å². The van der Waals surface area contributed by atoms with Crippen LogP contribution >= 0.6 is 23.2 Å². The third-order valence-corrected chi connectivity index (χ3v) is 4.89. The number of imidazole rings is 1. The van der Waals surface area contributed by atoms with Crippen molar-refractivity contribution in [3.05, 3.63) is 61.0 Å². The highest BCUT2D eigenvalue weighted by Gasteiger charge is 2.20. The molecule has 1 aromatic carbocycles. The second-order valence-corrected chi connectivity index (χ2v) is 6.96. The zero-order valence-corrected chi connectivity index (χ0v) is 16.4. The molecule has 0 bridgehead atoms. The molecule has 142 valence electrons. The van der Waals surface area contributed by atoms with Crippen molar-refractivity contribution in [2.24, 2.45) is 14.1 Å². The lowest BCUT2D eigenvalue weighted by atomic mass is 10.1. The normalized spacial score (nSPS) is 12.3. The van der Waals surface area contributed by atoms with Crippen molar-refractivity contribution in [3.63, 3.8) is 0 Å². The molecule has 27 heavy (non-hydrogen) atoms. The minimum absolute atomic E-state index is 0.0439. The molecule has 8 nitrogen and oxygen atoms in total. The van der Waals surface area contributed by atoms with Crippen LogP contribution in [0, 0.1) is 0 Å².